The lowest BCUT2D eigenvalue weighted by molar-refractivity contribution is 0.105. The van der Waals surface area contributed by atoms with E-state index in [1.165, 1.54) is 6.07 Å². The quantitative estimate of drug-likeness (QED) is 0.784. The molecule has 0 aromatic heterocycles. The molecule has 2 aromatic carbocycles. The molecule has 0 spiro atoms. The van der Waals surface area contributed by atoms with Gasteiger partial charge in [0.15, 0.2) is 0 Å². The molecule has 5 heteroatoms. The molecule has 0 saturated heterocycles. The molecular weight excluding hydrogens is 314 g/mol. The van der Waals surface area contributed by atoms with Gasteiger partial charge in [0.05, 0.1) is 0 Å². The Kier molecular flexibility index (Phi) is 3.44. The maximum absolute atomic E-state index is 13.2. The van der Waals surface area contributed by atoms with E-state index in [0.717, 1.165) is 11.1 Å². The predicted octanol–water partition coefficient (Wildman–Crippen LogP) is 4.88. The van der Waals surface area contributed by atoms with E-state index in [2.05, 4.69) is 0 Å². The Hall–Kier alpha value is -2.56. The standard InChI is InChI=1S/C19H16F2O3/c20-19(21)11-7-14-15-9-13(23)5-6-17(15)24-18(16(14)8-11)10-1-3-12(22)4-2-10/h1-6,9,14,16,18,22-23H,7-8H2/t14-,16-,18-/m0/s1. The molecule has 0 radical (unpaired) electrons. The summed E-state index contributed by atoms with van der Waals surface area (Å²) in [5.41, 5.74) is 1.79. The molecule has 124 valence electrons. The Morgan fingerprint density at radius 3 is 2.38 bits per heavy atom. The largest absolute Gasteiger partial charge is 0.508 e. The van der Waals surface area contributed by atoms with Crippen LogP contribution in [-0.4, -0.2) is 10.2 Å². The van der Waals surface area contributed by atoms with Crippen molar-refractivity contribution in [3.8, 4) is 17.2 Å². The number of phenolic OH excluding ortho intramolecular Hbond substituents is 2. The van der Waals surface area contributed by atoms with E-state index in [1.807, 2.05) is 0 Å². The van der Waals surface area contributed by atoms with Crippen LogP contribution in [-0.2, 0) is 0 Å². The summed E-state index contributed by atoms with van der Waals surface area (Å²) in [5.74, 6) is 0.639. The van der Waals surface area contributed by atoms with Crippen LogP contribution in [0, 0.1) is 5.92 Å². The number of halogens is 2. The second-order valence-corrected chi connectivity index (χ2v) is 6.39. The fourth-order valence-electron chi connectivity index (χ4n) is 3.88. The number of hydrogen-bond acceptors (Lipinski definition) is 3. The molecule has 2 N–H and O–H groups in total. The van der Waals surface area contributed by atoms with Crippen molar-refractivity contribution in [3.05, 3.63) is 65.2 Å². The van der Waals surface area contributed by atoms with Gasteiger partial charge in [0, 0.05) is 11.5 Å². The predicted molar refractivity (Wildman–Crippen MR) is 84.3 cm³/mol. The van der Waals surface area contributed by atoms with E-state index < -0.39 is 6.08 Å². The zero-order valence-corrected chi connectivity index (χ0v) is 12.7. The smallest absolute Gasteiger partial charge is 0.269 e. The van der Waals surface area contributed by atoms with E-state index in [-0.39, 0.29) is 47.9 Å². The van der Waals surface area contributed by atoms with Crippen LogP contribution in [0.15, 0.2) is 54.1 Å². The van der Waals surface area contributed by atoms with Gasteiger partial charge in [-0.05, 0) is 60.2 Å². The van der Waals surface area contributed by atoms with Crippen molar-refractivity contribution in [2.45, 2.75) is 24.9 Å². The molecular formula is C19H16F2O3. The van der Waals surface area contributed by atoms with Crippen molar-refractivity contribution in [2.75, 3.05) is 0 Å². The van der Waals surface area contributed by atoms with Gasteiger partial charge in [-0.1, -0.05) is 12.1 Å². The zero-order chi connectivity index (χ0) is 16.8. The topological polar surface area (TPSA) is 49.7 Å². The average Bonchev–Trinajstić information content (AvgIpc) is 3.01. The van der Waals surface area contributed by atoms with Crippen LogP contribution in [0.5, 0.6) is 17.2 Å². The number of rotatable bonds is 1. The highest BCUT2D eigenvalue weighted by Crippen LogP contribution is 2.56. The molecule has 2 aromatic rings. The van der Waals surface area contributed by atoms with Crippen LogP contribution < -0.4 is 4.74 Å². The zero-order valence-electron chi connectivity index (χ0n) is 12.7. The summed E-state index contributed by atoms with van der Waals surface area (Å²) in [6.07, 6.45) is -1.42. The number of benzene rings is 2. The number of allylic oxidation sites excluding steroid dienone is 1. The fourth-order valence-corrected chi connectivity index (χ4v) is 3.88. The lowest BCUT2D eigenvalue weighted by atomic mass is 9.80. The highest BCUT2D eigenvalue weighted by Gasteiger charge is 2.45. The summed E-state index contributed by atoms with van der Waals surface area (Å²) in [5, 5.41) is 19.2. The first kappa shape index (κ1) is 15.0. The van der Waals surface area contributed by atoms with E-state index in [0.29, 0.717) is 5.75 Å². The van der Waals surface area contributed by atoms with Crippen LogP contribution >= 0.6 is 0 Å². The average molecular weight is 330 g/mol. The normalized spacial score (nSPS) is 24.9. The fraction of sp³-hybridized carbons (Fsp3) is 0.263. The molecule has 0 amide bonds. The summed E-state index contributed by atoms with van der Waals surface area (Å²) in [6.45, 7) is 0. The minimum atomic E-state index is -1.62. The van der Waals surface area contributed by atoms with E-state index in [1.54, 1.807) is 36.4 Å². The molecule has 1 saturated carbocycles. The third kappa shape index (κ3) is 2.40. The van der Waals surface area contributed by atoms with Gasteiger partial charge in [0.2, 0.25) is 0 Å². The summed E-state index contributed by atoms with van der Waals surface area (Å²) in [6, 6.07) is 11.5. The maximum atomic E-state index is 13.2. The van der Waals surface area contributed by atoms with Crippen LogP contribution in [0.25, 0.3) is 0 Å². The molecule has 4 rings (SSSR count). The van der Waals surface area contributed by atoms with Gasteiger partial charge < -0.3 is 14.9 Å². The van der Waals surface area contributed by atoms with Crippen molar-refractivity contribution >= 4 is 0 Å². The first-order valence-corrected chi connectivity index (χ1v) is 7.84. The minimum Gasteiger partial charge on any atom is -0.508 e. The number of phenols is 2. The molecule has 1 heterocycles. The Labute approximate surface area is 137 Å². The van der Waals surface area contributed by atoms with Crippen LogP contribution in [0.2, 0.25) is 0 Å². The lowest BCUT2D eigenvalue weighted by Gasteiger charge is -2.36. The molecule has 0 unspecified atom stereocenters. The molecule has 3 atom stereocenters. The first-order valence-electron chi connectivity index (χ1n) is 7.84. The first-order chi connectivity index (χ1) is 11.5. The highest BCUT2D eigenvalue weighted by molar-refractivity contribution is 5.47. The SMILES string of the molecule is Oc1ccc([C@@H]2Oc3ccc(O)cc3[C@@H]3CC(=C(F)F)C[C@@H]32)cc1. The molecule has 1 aliphatic heterocycles. The Balaban J connectivity index is 1.80. The summed E-state index contributed by atoms with van der Waals surface area (Å²) >= 11 is 0. The number of hydrogen-bond donors (Lipinski definition) is 2. The van der Waals surface area contributed by atoms with Crippen LogP contribution in [0.4, 0.5) is 8.78 Å². The van der Waals surface area contributed by atoms with Crippen LogP contribution in [0.1, 0.15) is 36.0 Å². The van der Waals surface area contributed by atoms with Crippen molar-refractivity contribution < 1.29 is 23.7 Å². The van der Waals surface area contributed by atoms with Gasteiger partial charge in [-0.3, -0.25) is 0 Å². The van der Waals surface area contributed by atoms with Crippen molar-refractivity contribution in [2.24, 2.45) is 5.92 Å². The molecule has 1 aliphatic carbocycles. The van der Waals surface area contributed by atoms with Crippen molar-refractivity contribution in [1.29, 1.82) is 0 Å². The Morgan fingerprint density at radius 2 is 1.67 bits per heavy atom. The number of fused-ring (bicyclic) bond motifs is 3. The van der Waals surface area contributed by atoms with Crippen molar-refractivity contribution in [1.82, 2.24) is 0 Å². The van der Waals surface area contributed by atoms with Crippen LogP contribution in [0.3, 0.4) is 0 Å². The molecule has 1 fully saturated rings. The minimum absolute atomic E-state index is 0.109. The van der Waals surface area contributed by atoms with Crippen molar-refractivity contribution in [3.63, 3.8) is 0 Å². The second-order valence-electron chi connectivity index (χ2n) is 6.39. The third-order valence-electron chi connectivity index (χ3n) is 4.99. The van der Waals surface area contributed by atoms with Gasteiger partial charge in [-0.2, -0.15) is 8.78 Å². The summed E-state index contributed by atoms with van der Waals surface area (Å²) < 4.78 is 32.4. The van der Waals surface area contributed by atoms with Gasteiger partial charge >= 0.3 is 0 Å². The molecule has 24 heavy (non-hydrogen) atoms. The summed E-state index contributed by atoms with van der Waals surface area (Å²) in [7, 11) is 0. The van der Waals surface area contributed by atoms with Gasteiger partial charge in [0.1, 0.15) is 23.4 Å². The Bertz CT molecular complexity index is 810. The van der Waals surface area contributed by atoms with Gasteiger partial charge in [-0.15, -0.1) is 0 Å². The number of aromatic hydroxyl groups is 2. The second kappa shape index (κ2) is 5.51. The molecule has 2 aliphatic rings. The van der Waals surface area contributed by atoms with E-state index >= 15 is 0 Å². The third-order valence-corrected chi connectivity index (χ3v) is 4.99. The molecule has 3 nitrogen and oxygen atoms in total. The lowest BCUT2D eigenvalue weighted by Crippen LogP contribution is -2.26. The molecule has 0 bridgehead atoms. The van der Waals surface area contributed by atoms with E-state index in [4.69, 9.17) is 4.74 Å². The monoisotopic (exact) mass is 330 g/mol. The van der Waals surface area contributed by atoms with E-state index in [9.17, 15) is 19.0 Å². The number of ether oxygens (including phenoxy) is 1. The van der Waals surface area contributed by atoms with Gasteiger partial charge in [0.25, 0.3) is 6.08 Å². The highest BCUT2D eigenvalue weighted by atomic mass is 19.3. The maximum Gasteiger partial charge on any atom is 0.269 e. The summed E-state index contributed by atoms with van der Waals surface area (Å²) in [4.78, 5) is 0. The van der Waals surface area contributed by atoms with Gasteiger partial charge in [-0.25, -0.2) is 0 Å². The Morgan fingerprint density at radius 1 is 0.958 bits per heavy atom.